The highest BCUT2D eigenvalue weighted by atomic mass is 35.5. The second-order valence-electron chi connectivity index (χ2n) is 7.53. The number of carbonyl (C=O) groups excluding carboxylic acids is 2. The van der Waals surface area contributed by atoms with Crippen molar-refractivity contribution in [2.24, 2.45) is 0 Å². The van der Waals surface area contributed by atoms with Crippen LogP contribution in [0.5, 0.6) is 0 Å². The number of imide groups is 1. The van der Waals surface area contributed by atoms with Crippen LogP contribution in [0.2, 0.25) is 0 Å². The minimum Gasteiger partial charge on any atom is -0.299 e. The zero-order valence-corrected chi connectivity index (χ0v) is 16.7. The van der Waals surface area contributed by atoms with Gasteiger partial charge in [0.15, 0.2) is 0 Å². The molecule has 4 nitrogen and oxygen atoms in total. The number of aryl methyl sites for hydroxylation is 1. The highest BCUT2D eigenvalue weighted by molar-refractivity contribution is 6.55. The fourth-order valence-electron chi connectivity index (χ4n) is 4.00. The molecule has 5 heteroatoms. The van der Waals surface area contributed by atoms with Gasteiger partial charge in [0.1, 0.15) is 5.03 Å². The molecule has 0 spiro atoms. The van der Waals surface area contributed by atoms with Crippen LogP contribution in [0.25, 0.3) is 5.57 Å². The van der Waals surface area contributed by atoms with E-state index in [9.17, 15) is 9.59 Å². The van der Waals surface area contributed by atoms with Crippen molar-refractivity contribution in [3.63, 3.8) is 0 Å². The SMILES string of the molecule is Cc1ccc(C2=C(Cl)C(=O)N(C3CCN(Cc4ccccc4)CC3)C2=O)cc1. The standard InChI is InChI=1S/C23H23ClN2O2/c1-16-7-9-18(10-8-16)20-21(24)23(28)26(22(20)27)19-11-13-25(14-12-19)15-17-5-3-2-4-6-17/h2-10,19H,11-15H2,1H3. The molecule has 2 heterocycles. The summed E-state index contributed by atoms with van der Waals surface area (Å²) in [5, 5.41) is 0.0422. The van der Waals surface area contributed by atoms with Crippen LogP contribution in [0, 0.1) is 6.92 Å². The largest absolute Gasteiger partial charge is 0.299 e. The predicted molar refractivity (Wildman–Crippen MR) is 111 cm³/mol. The highest BCUT2D eigenvalue weighted by Gasteiger charge is 2.42. The van der Waals surface area contributed by atoms with E-state index >= 15 is 0 Å². The van der Waals surface area contributed by atoms with Crippen molar-refractivity contribution in [2.75, 3.05) is 13.1 Å². The average molecular weight is 395 g/mol. The molecular formula is C23H23ClN2O2. The number of halogens is 1. The van der Waals surface area contributed by atoms with Crippen LogP contribution in [0.1, 0.15) is 29.5 Å². The van der Waals surface area contributed by atoms with Crippen LogP contribution in [0.4, 0.5) is 0 Å². The van der Waals surface area contributed by atoms with E-state index in [0.717, 1.165) is 38.0 Å². The molecule has 1 fully saturated rings. The molecule has 0 aliphatic carbocycles. The molecule has 0 saturated carbocycles. The number of carbonyl (C=O) groups is 2. The first-order valence-electron chi connectivity index (χ1n) is 9.65. The Morgan fingerprint density at radius 2 is 1.57 bits per heavy atom. The number of benzene rings is 2. The van der Waals surface area contributed by atoms with Gasteiger partial charge in [0.25, 0.3) is 11.8 Å². The summed E-state index contributed by atoms with van der Waals surface area (Å²) in [6.07, 6.45) is 1.55. The molecule has 144 valence electrons. The Morgan fingerprint density at radius 3 is 2.21 bits per heavy atom. The van der Waals surface area contributed by atoms with Gasteiger partial charge in [-0.15, -0.1) is 0 Å². The number of hydrogen-bond donors (Lipinski definition) is 0. The van der Waals surface area contributed by atoms with Crippen LogP contribution in [0.3, 0.4) is 0 Å². The van der Waals surface area contributed by atoms with E-state index in [-0.39, 0.29) is 22.9 Å². The number of likely N-dealkylation sites (tertiary alicyclic amines) is 1. The van der Waals surface area contributed by atoms with Crippen molar-refractivity contribution in [1.29, 1.82) is 0 Å². The Labute approximate surface area is 170 Å². The molecule has 0 aromatic heterocycles. The van der Waals surface area contributed by atoms with E-state index in [2.05, 4.69) is 17.0 Å². The molecule has 2 aliphatic heterocycles. The fourth-order valence-corrected chi connectivity index (χ4v) is 4.28. The molecule has 0 unspecified atom stereocenters. The zero-order valence-electron chi connectivity index (χ0n) is 15.9. The molecule has 0 N–H and O–H groups in total. The molecule has 0 radical (unpaired) electrons. The van der Waals surface area contributed by atoms with Gasteiger partial charge in [0.2, 0.25) is 0 Å². The van der Waals surface area contributed by atoms with Crippen molar-refractivity contribution in [3.8, 4) is 0 Å². The van der Waals surface area contributed by atoms with Gasteiger partial charge in [-0.05, 0) is 30.9 Å². The number of nitrogens with zero attached hydrogens (tertiary/aromatic N) is 2. The number of piperidine rings is 1. The third-order valence-corrected chi connectivity index (χ3v) is 5.92. The Balaban J connectivity index is 1.44. The minimum atomic E-state index is -0.358. The maximum absolute atomic E-state index is 13.0. The first-order chi connectivity index (χ1) is 13.5. The number of hydrogen-bond acceptors (Lipinski definition) is 3. The van der Waals surface area contributed by atoms with Gasteiger partial charge in [0, 0.05) is 25.7 Å². The van der Waals surface area contributed by atoms with E-state index in [0.29, 0.717) is 11.1 Å². The van der Waals surface area contributed by atoms with Crippen molar-refractivity contribution >= 4 is 29.0 Å². The Kier molecular flexibility index (Phi) is 5.33. The lowest BCUT2D eigenvalue weighted by Crippen LogP contribution is -2.47. The molecule has 4 rings (SSSR count). The lowest BCUT2D eigenvalue weighted by atomic mass is 10.0. The summed E-state index contributed by atoms with van der Waals surface area (Å²) in [6, 6.07) is 17.8. The van der Waals surface area contributed by atoms with Crippen molar-refractivity contribution in [1.82, 2.24) is 9.80 Å². The quantitative estimate of drug-likeness (QED) is 0.736. The van der Waals surface area contributed by atoms with E-state index in [1.54, 1.807) is 0 Å². The molecule has 2 aromatic carbocycles. The second kappa shape index (κ2) is 7.90. The molecule has 0 bridgehead atoms. The molecular weight excluding hydrogens is 372 g/mol. The lowest BCUT2D eigenvalue weighted by Gasteiger charge is -2.35. The van der Waals surface area contributed by atoms with Crippen molar-refractivity contribution in [2.45, 2.75) is 32.4 Å². The first kappa shape index (κ1) is 18.9. The van der Waals surface area contributed by atoms with Crippen LogP contribution < -0.4 is 0 Å². The Bertz CT molecular complexity index is 913. The Morgan fingerprint density at radius 1 is 0.929 bits per heavy atom. The normalized spacial score (nSPS) is 19.0. The van der Waals surface area contributed by atoms with Crippen LogP contribution in [0.15, 0.2) is 59.6 Å². The van der Waals surface area contributed by atoms with Crippen LogP contribution >= 0.6 is 11.6 Å². The van der Waals surface area contributed by atoms with E-state index < -0.39 is 0 Å². The van der Waals surface area contributed by atoms with Crippen molar-refractivity contribution in [3.05, 3.63) is 76.3 Å². The van der Waals surface area contributed by atoms with Crippen molar-refractivity contribution < 1.29 is 9.59 Å². The van der Waals surface area contributed by atoms with Gasteiger partial charge >= 0.3 is 0 Å². The van der Waals surface area contributed by atoms with Gasteiger partial charge < -0.3 is 0 Å². The third kappa shape index (κ3) is 3.62. The smallest absolute Gasteiger partial charge is 0.273 e. The van der Waals surface area contributed by atoms with Gasteiger partial charge in [-0.2, -0.15) is 0 Å². The van der Waals surface area contributed by atoms with Gasteiger partial charge in [-0.3, -0.25) is 19.4 Å². The Hall–Kier alpha value is -2.43. The predicted octanol–water partition coefficient (Wildman–Crippen LogP) is 3.98. The fraction of sp³-hybridized carbons (Fsp3) is 0.304. The molecule has 2 amide bonds. The summed E-state index contributed by atoms with van der Waals surface area (Å²) in [5.74, 6) is -0.621. The topological polar surface area (TPSA) is 40.6 Å². The third-order valence-electron chi connectivity index (χ3n) is 5.57. The van der Waals surface area contributed by atoms with E-state index in [4.69, 9.17) is 11.6 Å². The molecule has 2 aliphatic rings. The molecule has 1 saturated heterocycles. The second-order valence-corrected chi connectivity index (χ2v) is 7.91. The molecule has 28 heavy (non-hydrogen) atoms. The van der Waals surface area contributed by atoms with E-state index in [1.165, 1.54) is 10.5 Å². The van der Waals surface area contributed by atoms with Gasteiger partial charge in [0.05, 0.1) is 5.57 Å². The van der Waals surface area contributed by atoms with E-state index in [1.807, 2.05) is 49.4 Å². The van der Waals surface area contributed by atoms with Gasteiger partial charge in [-0.25, -0.2) is 0 Å². The summed E-state index contributed by atoms with van der Waals surface area (Å²) < 4.78 is 0. The summed E-state index contributed by atoms with van der Waals surface area (Å²) in [6.45, 7) is 4.59. The monoisotopic (exact) mass is 394 g/mol. The number of rotatable bonds is 4. The summed E-state index contributed by atoms with van der Waals surface area (Å²) in [5.41, 5.74) is 3.41. The molecule has 0 atom stereocenters. The zero-order chi connectivity index (χ0) is 19.7. The maximum atomic E-state index is 13.0. The maximum Gasteiger partial charge on any atom is 0.273 e. The summed E-state index contributed by atoms with van der Waals surface area (Å²) in [4.78, 5) is 29.5. The average Bonchev–Trinajstić information content (AvgIpc) is 2.93. The first-order valence-corrected chi connectivity index (χ1v) is 10.0. The summed E-state index contributed by atoms with van der Waals surface area (Å²) >= 11 is 6.30. The summed E-state index contributed by atoms with van der Waals surface area (Å²) in [7, 11) is 0. The minimum absolute atomic E-state index is 0.0422. The highest BCUT2D eigenvalue weighted by Crippen LogP contribution is 2.35. The number of amides is 2. The van der Waals surface area contributed by atoms with Crippen LogP contribution in [-0.2, 0) is 16.1 Å². The molecule has 2 aromatic rings. The van der Waals surface area contributed by atoms with Crippen LogP contribution in [-0.4, -0.2) is 40.7 Å². The van der Waals surface area contributed by atoms with Gasteiger partial charge in [-0.1, -0.05) is 71.8 Å². The lowest BCUT2D eigenvalue weighted by molar-refractivity contribution is -0.140.